The molecule has 26 heavy (non-hydrogen) atoms. The number of hydrogen-bond acceptors (Lipinski definition) is 5. The van der Waals surface area contributed by atoms with Gasteiger partial charge < -0.3 is 14.4 Å². The summed E-state index contributed by atoms with van der Waals surface area (Å²) in [7, 11) is 0. The minimum Gasteiger partial charge on any atom is -0.494 e. The standard InChI is InChI=1S/C20H20N2O4/c1-2-25-18-11-9-16(10-12-18)20(24)26-15-19(23)22(14-6-13-21)17-7-4-3-5-8-17/h3-5,7-12H,2,6,14-15H2,1H3. The number of esters is 1. The molecule has 0 radical (unpaired) electrons. The predicted molar refractivity (Wildman–Crippen MR) is 96.9 cm³/mol. The molecule has 0 N–H and O–H groups in total. The molecular formula is C20H20N2O4. The Morgan fingerprint density at radius 3 is 2.38 bits per heavy atom. The zero-order valence-corrected chi connectivity index (χ0v) is 14.6. The number of nitrogens with zero attached hydrogens (tertiary/aromatic N) is 2. The smallest absolute Gasteiger partial charge is 0.338 e. The fraction of sp³-hybridized carbons (Fsp3) is 0.250. The number of anilines is 1. The Morgan fingerprint density at radius 2 is 1.77 bits per heavy atom. The van der Waals surface area contributed by atoms with Gasteiger partial charge in [0, 0.05) is 12.2 Å². The second kappa shape index (κ2) is 9.84. The maximum atomic E-state index is 12.4. The van der Waals surface area contributed by atoms with E-state index in [1.807, 2.05) is 19.1 Å². The molecule has 0 unspecified atom stereocenters. The number of nitriles is 1. The van der Waals surface area contributed by atoms with Gasteiger partial charge in [-0.25, -0.2) is 4.79 Å². The van der Waals surface area contributed by atoms with Gasteiger partial charge in [0.05, 0.1) is 24.7 Å². The molecule has 0 saturated carbocycles. The molecule has 0 aliphatic rings. The van der Waals surface area contributed by atoms with E-state index >= 15 is 0 Å². The van der Waals surface area contributed by atoms with Crippen molar-refractivity contribution in [3.05, 3.63) is 60.2 Å². The van der Waals surface area contributed by atoms with Crippen LogP contribution in [0.4, 0.5) is 5.69 Å². The van der Waals surface area contributed by atoms with Gasteiger partial charge in [-0.2, -0.15) is 5.26 Å². The van der Waals surface area contributed by atoms with Crippen molar-refractivity contribution >= 4 is 17.6 Å². The highest BCUT2D eigenvalue weighted by molar-refractivity contribution is 5.97. The summed E-state index contributed by atoms with van der Waals surface area (Å²) in [5.41, 5.74) is 0.995. The zero-order valence-electron chi connectivity index (χ0n) is 14.6. The highest BCUT2D eigenvalue weighted by Gasteiger charge is 2.18. The first-order chi connectivity index (χ1) is 12.7. The van der Waals surface area contributed by atoms with Crippen molar-refractivity contribution < 1.29 is 19.1 Å². The van der Waals surface area contributed by atoms with Crippen LogP contribution in [0, 0.1) is 11.3 Å². The lowest BCUT2D eigenvalue weighted by Crippen LogP contribution is -2.35. The van der Waals surface area contributed by atoms with Crippen LogP contribution in [0.2, 0.25) is 0 Å². The van der Waals surface area contributed by atoms with Gasteiger partial charge >= 0.3 is 5.97 Å². The largest absolute Gasteiger partial charge is 0.494 e. The van der Waals surface area contributed by atoms with E-state index in [0.29, 0.717) is 23.6 Å². The Morgan fingerprint density at radius 1 is 1.08 bits per heavy atom. The fourth-order valence-corrected chi connectivity index (χ4v) is 2.31. The first kappa shape index (κ1) is 19.0. The van der Waals surface area contributed by atoms with Crippen molar-refractivity contribution in [3.63, 3.8) is 0 Å². The Hall–Kier alpha value is -3.33. The molecule has 0 spiro atoms. The minimum absolute atomic E-state index is 0.188. The molecule has 0 aromatic heterocycles. The molecule has 0 aliphatic carbocycles. The third kappa shape index (κ3) is 5.35. The van der Waals surface area contributed by atoms with Crippen molar-refractivity contribution in [2.75, 3.05) is 24.7 Å². The first-order valence-electron chi connectivity index (χ1n) is 8.28. The van der Waals surface area contributed by atoms with Crippen LogP contribution in [0.15, 0.2) is 54.6 Å². The van der Waals surface area contributed by atoms with E-state index < -0.39 is 12.6 Å². The second-order valence-electron chi connectivity index (χ2n) is 5.32. The number of benzene rings is 2. The van der Waals surface area contributed by atoms with E-state index in [1.54, 1.807) is 48.5 Å². The lowest BCUT2D eigenvalue weighted by atomic mass is 10.2. The van der Waals surface area contributed by atoms with Crippen LogP contribution in [0.25, 0.3) is 0 Å². The molecule has 0 heterocycles. The van der Waals surface area contributed by atoms with Crippen LogP contribution in [-0.4, -0.2) is 31.6 Å². The fourth-order valence-electron chi connectivity index (χ4n) is 2.31. The van der Waals surface area contributed by atoms with Gasteiger partial charge in [0.2, 0.25) is 0 Å². The quantitative estimate of drug-likeness (QED) is 0.682. The van der Waals surface area contributed by atoms with Gasteiger partial charge in [-0.05, 0) is 43.3 Å². The Labute approximate surface area is 152 Å². The molecular weight excluding hydrogens is 332 g/mol. The highest BCUT2D eigenvalue weighted by atomic mass is 16.5. The third-order valence-corrected chi connectivity index (χ3v) is 3.54. The number of hydrogen-bond donors (Lipinski definition) is 0. The van der Waals surface area contributed by atoms with E-state index in [0.717, 1.165) is 0 Å². The predicted octanol–water partition coefficient (Wildman–Crippen LogP) is 3.19. The minimum atomic E-state index is -0.588. The van der Waals surface area contributed by atoms with Crippen molar-refractivity contribution in [1.29, 1.82) is 5.26 Å². The zero-order chi connectivity index (χ0) is 18.8. The number of carbonyl (C=O) groups excluding carboxylic acids is 2. The Bertz CT molecular complexity index is 767. The van der Waals surface area contributed by atoms with Crippen molar-refractivity contribution in [3.8, 4) is 11.8 Å². The van der Waals surface area contributed by atoms with Gasteiger partial charge in [0.15, 0.2) is 6.61 Å². The molecule has 6 heteroatoms. The summed E-state index contributed by atoms with van der Waals surface area (Å²) in [5, 5.41) is 8.79. The van der Waals surface area contributed by atoms with E-state index in [1.165, 1.54) is 4.90 Å². The maximum absolute atomic E-state index is 12.4. The van der Waals surface area contributed by atoms with Crippen LogP contribution in [0.3, 0.4) is 0 Å². The average molecular weight is 352 g/mol. The number of para-hydroxylation sites is 1. The number of ether oxygens (including phenoxy) is 2. The highest BCUT2D eigenvalue weighted by Crippen LogP contribution is 2.15. The molecule has 0 saturated heterocycles. The summed E-state index contributed by atoms with van der Waals surface area (Å²) in [6, 6.07) is 17.5. The van der Waals surface area contributed by atoms with E-state index in [-0.39, 0.29) is 18.9 Å². The van der Waals surface area contributed by atoms with Gasteiger partial charge in [-0.3, -0.25) is 4.79 Å². The Balaban J connectivity index is 1.98. The SMILES string of the molecule is CCOc1ccc(C(=O)OCC(=O)N(CCC#N)c2ccccc2)cc1. The molecule has 0 fully saturated rings. The maximum Gasteiger partial charge on any atom is 0.338 e. The first-order valence-corrected chi connectivity index (χ1v) is 8.28. The number of carbonyl (C=O) groups is 2. The van der Waals surface area contributed by atoms with E-state index in [9.17, 15) is 9.59 Å². The van der Waals surface area contributed by atoms with Crippen LogP contribution >= 0.6 is 0 Å². The molecule has 0 bridgehead atoms. The molecule has 134 valence electrons. The van der Waals surface area contributed by atoms with Crippen LogP contribution in [0.5, 0.6) is 5.75 Å². The van der Waals surface area contributed by atoms with Crippen molar-refractivity contribution in [2.24, 2.45) is 0 Å². The van der Waals surface area contributed by atoms with Crippen molar-refractivity contribution in [1.82, 2.24) is 0 Å². The third-order valence-electron chi connectivity index (χ3n) is 3.54. The Kier molecular flexibility index (Phi) is 7.19. The second-order valence-corrected chi connectivity index (χ2v) is 5.32. The summed E-state index contributed by atoms with van der Waals surface area (Å²) in [4.78, 5) is 26.0. The summed E-state index contributed by atoms with van der Waals surface area (Å²) in [6.45, 7) is 2.25. The van der Waals surface area contributed by atoms with Gasteiger partial charge in [-0.15, -0.1) is 0 Å². The molecule has 0 aliphatic heterocycles. The summed E-state index contributed by atoms with van der Waals surface area (Å²) < 4.78 is 10.4. The molecule has 6 nitrogen and oxygen atoms in total. The van der Waals surface area contributed by atoms with E-state index in [4.69, 9.17) is 14.7 Å². The molecule has 2 aromatic rings. The molecule has 2 rings (SSSR count). The van der Waals surface area contributed by atoms with Crippen molar-refractivity contribution in [2.45, 2.75) is 13.3 Å². The average Bonchev–Trinajstić information content (AvgIpc) is 2.68. The van der Waals surface area contributed by atoms with Crippen LogP contribution in [-0.2, 0) is 9.53 Å². The molecule has 2 aromatic carbocycles. The van der Waals surface area contributed by atoms with Gasteiger partial charge in [0.25, 0.3) is 5.91 Å². The van der Waals surface area contributed by atoms with Gasteiger partial charge in [0.1, 0.15) is 5.75 Å². The van der Waals surface area contributed by atoms with E-state index in [2.05, 4.69) is 0 Å². The topological polar surface area (TPSA) is 79.6 Å². The molecule has 0 atom stereocenters. The normalized spacial score (nSPS) is 9.85. The van der Waals surface area contributed by atoms with Gasteiger partial charge in [-0.1, -0.05) is 18.2 Å². The summed E-state index contributed by atoms with van der Waals surface area (Å²) in [5.74, 6) is -0.313. The van der Waals surface area contributed by atoms with Crippen LogP contribution < -0.4 is 9.64 Å². The lowest BCUT2D eigenvalue weighted by Gasteiger charge is -2.21. The molecule has 1 amide bonds. The monoisotopic (exact) mass is 352 g/mol. The number of amides is 1. The number of rotatable bonds is 8. The van der Waals surface area contributed by atoms with Crippen LogP contribution in [0.1, 0.15) is 23.7 Å². The lowest BCUT2D eigenvalue weighted by molar-refractivity contribution is -0.121. The summed E-state index contributed by atoms with van der Waals surface area (Å²) in [6.07, 6.45) is 0.188. The summed E-state index contributed by atoms with van der Waals surface area (Å²) >= 11 is 0.